The first-order chi connectivity index (χ1) is 9.29. The van der Waals surface area contributed by atoms with Crippen LogP contribution in [-0.2, 0) is 0 Å². The molecule has 0 saturated heterocycles. The third-order valence-corrected chi connectivity index (χ3v) is 4.53. The number of fused-ring (bicyclic) bond motifs is 2. The zero-order valence-electron chi connectivity index (χ0n) is 10.4. The van der Waals surface area contributed by atoms with E-state index in [1.807, 2.05) is 12.1 Å². The van der Waals surface area contributed by atoms with E-state index in [-0.39, 0.29) is 0 Å². The van der Waals surface area contributed by atoms with Gasteiger partial charge in [0.05, 0.1) is 0 Å². The second kappa shape index (κ2) is 5.41. The summed E-state index contributed by atoms with van der Waals surface area (Å²) in [5.74, 6) is 0. The van der Waals surface area contributed by atoms with Crippen molar-refractivity contribution in [3.05, 3.63) is 64.7 Å². The standard InChI is InChI=1S/C16H14ClNS/c17-11-7-8-16-14(10-11)12(5-3-9-18)13-4-1-2-6-15(13)19-16/h1-2,4-8,10H,3,9,18H2/b12-5-. The highest BCUT2D eigenvalue weighted by Crippen LogP contribution is 2.45. The minimum Gasteiger partial charge on any atom is -0.330 e. The molecule has 2 N–H and O–H groups in total. The summed E-state index contributed by atoms with van der Waals surface area (Å²) >= 11 is 7.94. The molecule has 0 aliphatic carbocycles. The quantitative estimate of drug-likeness (QED) is 0.746. The summed E-state index contributed by atoms with van der Waals surface area (Å²) in [4.78, 5) is 2.55. The first-order valence-electron chi connectivity index (χ1n) is 6.27. The summed E-state index contributed by atoms with van der Waals surface area (Å²) in [6.07, 6.45) is 3.09. The van der Waals surface area contributed by atoms with Gasteiger partial charge in [0.1, 0.15) is 0 Å². The van der Waals surface area contributed by atoms with Crippen molar-refractivity contribution in [3.63, 3.8) is 0 Å². The van der Waals surface area contributed by atoms with E-state index < -0.39 is 0 Å². The van der Waals surface area contributed by atoms with Crippen molar-refractivity contribution < 1.29 is 0 Å². The smallest absolute Gasteiger partial charge is 0.0412 e. The SMILES string of the molecule is NCC/C=C1/c2ccccc2Sc2ccc(Cl)cc21. The van der Waals surface area contributed by atoms with Crippen LogP contribution in [0, 0.1) is 0 Å². The average Bonchev–Trinajstić information content (AvgIpc) is 2.44. The van der Waals surface area contributed by atoms with Crippen molar-refractivity contribution >= 4 is 28.9 Å². The Hall–Kier alpha value is -1.22. The third-order valence-electron chi connectivity index (χ3n) is 3.14. The normalized spacial score (nSPS) is 15.2. The molecule has 0 bridgehead atoms. The van der Waals surface area contributed by atoms with Crippen LogP contribution in [0.5, 0.6) is 0 Å². The van der Waals surface area contributed by atoms with Crippen LogP contribution < -0.4 is 5.73 Å². The highest BCUT2D eigenvalue weighted by Gasteiger charge is 2.20. The van der Waals surface area contributed by atoms with Crippen molar-refractivity contribution in [2.24, 2.45) is 5.73 Å². The predicted octanol–water partition coefficient (Wildman–Crippen LogP) is 4.59. The first-order valence-corrected chi connectivity index (χ1v) is 7.46. The van der Waals surface area contributed by atoms with Gasteiger partial charge in [0.25, 0.3) is 0 Å². The maximum Gasteiger partial charge on any atom is 0.0412 e. The van der Waals surface area contributed by atoms with Gasteiger partial charge in [-0.15, -0.1) is 0 Å². The van der Waals surface area contributed by atoms with Crippen LogP contribution in [-0.4, -0.2) is 6.54 Å². The molecule has 1 heterocycles. The average molecular weight is 288 g/mol. The molecule has 96 valence electrons. The predicted molar refractivity (Wildman–Crippen MR) is 82.8 cm³/mol. The summed E-state index contributed by atoms with van der Waals surface area (Å²) in [6, 6.07) is 14.6. The fourth-order valence-corrected chi connectivity index (χ4v) is 3.55. The van der Waals surface area contributed by atoms with Crippen LogP contribution in [0.4, 0.5) is 0 Å². The Morgan fingerprint density at radius 2 is 1.84 bits per heavy atom. The Balaban J connectivity index is 2.19. The van der Waals surface area contributed by atoms with Crippen molar-refractivity contribution in [2.45, 2.75) is 16.2 Å². The number of hydrogen-bond acceptors (Lipinski definition) is 2. The lowest BCUT2D eigenvalue weighted by Crippen LogP contribution is -2.01. The largest absolute Gasteiger partial charge is 0.330 e. The minimum atomic E-state index is 0.661. The molecule has 2 aromatic rings. The molecule has 0 spiro atoms. The maximum absolute atomic E-state index is 6.14. The van der Waals surface area contributed by atoms with Crippen LogP contribution in [0.25, 0.3) is 5.57 Å². The molecule has 1 aliphatic heterocycles. The van der Waals surface area contributed by atoms with Gasteiger partial charge >= 0.3 is 0 Å². The van der Waals surface area contributed by atoms with E-state index in [0.717, 1.165) is 11.4 Å². The minimum absolute atomic E-state index is 0.661. The number of hydrogen-bond donors (Lipinski definition) is 1. The Labute approximate surface area is 122 Å². The molecule has 0 atom stereocenters. The van der Waals surface area contributed by atoms with Crippen molar-refractivity contribution in [3.8, 4) is 0 Å². The lowest BCUT2D eigenvalue weighted by atomic mass is 9.96. The summed E-state index contributed by atoms with van der Waals surface area (Å²) in [5, 5.41) is 0.775. The zero-order valence-corrected chi connectivity index (χ0v) is 12.0. The molecular weight excluding hydrogens is 274 g/mol. The highest BCUT2D eigenvalue weighted by atomic mass is 35.5. The summed E-state index contributed by atoms with van der Waals surface area (Å²) < 4.78 is 0. The van der Waals surface area contributed by atoms with Crippen LogP contribution >= 0.6 is 23.4 Å². The van der Waals surface area contributed by atoms with Crippen molar-refractivity contribution in [2.75, 3.05) is 6.54 Å². The molecule has 3 heteroatoms. The van der Waals surface area contributed by atoms with Crippen molar-refractivity contribution in [1.82, 2.24) is 0 Å². The van der Waals surface area contributed by atoms with E-state index in [2.05, 4.69) is 36.4 Å². The van der Waals surface area contributed by atoms with Gasteiger partial charge in [0.15, 0.2) is 0 Å². The second-order valence-electron chi connectivity index (χ2n) is 4.43. The van der Waals surface area contributed by atoms with Gasteiger partial charge < -0.3 is 5.73 Å². The fourth-order valence-electron chi connectivity index (χ4n) is 2.29. The van der Waals surface area contributed by atoms with E-state index in [1.54, 1.807) is 11.8 Å². The lowest BCUT2D eigenvalue weighted by Gasteiger charge is -2.22. The molecule has 1 aliphatic rings. The van der Waals surface area contributed by atoms with Gasteiger partial charge in [0, 0.05) is 14.8 Å². The molecule has 1 nitrogen and oxygen atoms in total. The zero-order chi connectivity index (χ0) is 13.2. The Morgan fingerprint density at radius 1 is 1.05 bits per heavy atom. The molecule has 0 saturated carbocycles. The van der Waals surface area contributed by atoms with E-state index in [9.17, 15) is 0 Å². The van der Waals surface area contributed by atoms with Gasteiger partial charge in [-0.25, -0.2) is 0 Å². The Kier molecular flexibility index (Phi) is 3.65. The summed E-state index contributed by atoms with van der Waals surface area (Å²) in [6.45, 7) is 0.661. The number of halogens is 1. The fraction of sp³-hybridized carbons (Fsp3) is 0.125. The van der Waals surface area contributed by atoms with Crippen LogP contribution in [0.15, 0.2) is 58.3 Å². The number of nitrogens with two attached hydrogens (primary N) is 1. The maximum atomic E-state index is 6.14. The first kappa shape index (κ1) is 12.8. The van der Waals surface area contributed by atoms with E-state index >= 15 is 0 Å². The lowest BCUT2D eigenvalue weighted by molar-refractivity contribution is 1.01. The van der Waals surface area contributed by atoms with Gasteiger partial charge in [0.2, 0.25) is 0 Å². The molecule has 19 heavy (non-hydrogen) atoms. The molecule has 0 amide bonds. The van der Waals surface area contributed by atoms with Crippen molar-refractivity contribution in [1.29, 1.82) is 0 Å². The van der Waals surface area contributed by atoms with Crippen LogP contribution in [0.1, 0.15) is 17.5 Å². The highest BCUT2D eigenvalue weighted by molar-refractivity contribution is 7.99. The molecule has 0 unspecified atom stereocenters. The number of benzene rings is 2. The second-order valence-corrected chi connectivity index (χ2v) is 5.95. The van der Waals surface area contributed by atoms with E-state index in [1.165, 1.54) is 26.5 Å². The van der Waals surface area contributed by atoms with Crippen LogP contribution in [0.2, 0.25) is 5.02 Å². The van der Waals surface area contributed by atoms with Crippen LogP contribution in [0.3, 0.4) is 0 Å². The molecular formula is C16H14ClNS. The molecule has 3 rings (SSSR count). The third kappa shape index (κ3) is 2.44. The molecule has 0 fully saturated rings. The molecule has 2 aromatic carbocycles. The van der Waals surface area contributed by atoms with Gasteiger partial charge in [-0.2, -0.15) is 0 Å². The molecule has 0 aromatic heterocycles. The monoisotopic (exact) mass is 287 g/mol. The Bertz CT molecular complexity index is 649. The molecule has 0 radical (unpaired) electrons. The van der Waals surface area contributed by atoms with Gasteiger partial charge in [-0.3, -0.25) is 0 Å². The Morgan fingerprint density at radius 3 is 2.68 bits per heavy atom. The van der Waals surface area contributed by atoms with E-state index in [4.69, 9.17) is 17.3 Å². The topological polar surface area (TPSA) is 26.0 Å². The van der Waals surface area contributed by atoms with Gasteiger partial charge in [-0.1, -0.05) is 47.6 Å². The van der Waals surface area contributed by atoms with Gasteiger partial charge in [-0.05, 0) is 53.9 Å². The van der Waals surface area contributed by atoms with E-state index in [0.29, 0.717) is 6.54 Å². The summed E-state index contributed by atoms with van der Waals surface area (Å²) in [7, 11) is 0. The number of rotatable bonds is 2. The summed E-state index contributed by atoms with van der Waals surface area (Å²) in [5.41, 5.74) is 9.37.